The van der Waals surface area contributed by atoms with Crippen molar-refractivity contribution in [2.75, 3.05) is 6.54 Å². The average molecular weight is 468 g/mol. The Kier molecular flexibility index (Phi) is 6.58. The van der Waals surface area contributed by atoms with E-state index >= 15 is 0 Å². The average Bonchev–Trinajstić information content (AvgIpc) is 3.07. The molecular formula is C21H19Cl2NO3S2. The van der Waals surface area contributed by atoms with Crippen LogP contribution in [0.3, 0.4) is 0 Å². The van der Waals surface area contributed by atoms with Gasteiger partial charge in [-0.3, -0.25) is 14.5 Å². The molecule has 1 aliphatic carbocycles. The number of thiocarbonyl (C=S) groups is 1. The highest BCUT2D eigenvalue weighted by Gasteiger charge is 2.61. The maximum absolute atomic E-state index is 12.5. The summed E-state index contributed by atoms with van der Waals surface area (Å²) in [6, 6.07) is 6.97. The van der Waals surface area contributed by atoms with Crippen molar-refractivity contribution in [3.05, 3.63) is 58.0 Å². The first-order chi connectivity index (χ1) is 13.6. The van der Waals surface area contributed by atoms with Gasteiger partial charge in [-0.1, -0.05) is 79.2 Å². The zero-order valence-electron chi connectivity index (χ0n) is 15.9. The number of hydrogen-bond acceptors (Lipinski definition) is 5. The molecule has 152 valence electrons. The van der Waals surface area contributed by atoms with Crippen molar-refractivity contribution in [2.24, 2.45) is 17.3 Å². The summed E-state index contributed by atoms with van der Waals surface area (Å²) in [7, 11) is 0. The molecule has 0 unspecified atom stereocenters. The molecule has 2 aliphatic rings. The van der Waals surface area contributed by atoms with Gasteiger partial charge in [0.2, 0.25) is 0 Å². The molecule has 0 bridgehead atoms. The van der Waals surface area contributed by atoms with Crippen molar-refractivity contribution in [3.8, 4) is 5.75 Å². The third-order valence-electron chi connectivity index (χ3n) is 5.05. The number of thioether (sulfide) groups is 1. The number of carbonyl (C=O) groups is 2. The monoisotopic (exact) mass is 467 g/mol. The zero-order chi connectivity index (χ0) is 21.3. The number of amides is 1. The van der Waals surface area contributed by atoms with Crippen molar-refractivity contribution >= 4 is 69.5 Å². The predicted molar refractivity (Wildman–Crippen MR) is 123 cm³/mol. The van der Waals surface area contributed by atoms with Crippen LogP contribution in [-0.4, -0.2) is 27.6 Å². The summed E-state index contributed by atoms with van der Waals surface area (Å²) >= 11 is 17.9. The van der Waals surface area contributed by atoms with Gasteiger partial charge in [0.15, 0.2) is 0 Å². The van der Waals surface area contributed by atoms with E-state index in [0.717, 1.165) is 5.56 Å². The van der Waals surface area contributed by atoms with Crippen LogP contribution in [0, 0.1) is 17.3 Å². The maximum atomic E-state index is 12.5. The van der Waals surface area contributed by atoms with E-state index in [0.29, 0.717) is 21.5 Å². The molecule has 1 heterocycles. The normalized spacial score (nSPS) is 23.9. The first-order valence-corrected chi connectivity index (χ1v) is 10.8. The second-order valence-electron chi connectivity index (χ2n) is 7.35. The number of nitrogens with zero attached hydrogens (tertiary/aromatic N) is 1. The van der Waals surface area contributed by atoms with Gasteiger partial charge in [0.25, 0.3) is 5.91 Å². The number of rotatable bonds is 6. The molecule has 1 aromatic rings. The van der Waals surface area contributed by atoms with Crippen LogP contribution in [0.5, 0.6) is 5.75 Å². The van der Waals surface area contributed by atoms with Crippen molar-refractivity contribution in [1.29, 1.82) is 0 Å². The SMILES string of the molecule is C=CCN1C(=O)/C(=C/c2ccc(OC(=O)[C@H]3[C@H](C=C(Cl)Cl)C3(C)C)cc2)SC1=S. The van der Waals surface area contributed by atoms with Crippen molar-refractivity contribution in [2.45, 2.75) is 13.8 Å². The fourth-order valence-electron chi connectivity index (χ4n) is 3.32. The Labute approximate surface area is 189 Å². The van der Waals surface area contributed by atoms with E-state index in [9.17, 15) is 9.59 Å². The Bertz CT molecular complexity index is 934. The van der Waals surface area contributed by atoms with Crippen molar-refractivity contribution < 1.29 is 14.3 Å². The molecule has 2 atom stereocenters. The lowest BCUT2D eigenvalue weighted by Crippen LogP contribution is -2.27. The molecule has 0 spiro atoms. The quantitative estimate of drug-likeness (QED) is 0.180. The molecule has 8 heteroatoms. The molecule has 2 fully saturated rings. The highest BCUT2D eigenvalue weighted by Crippen LogP contribution is 2.60. The summed E-state index contributed by atoms with van der Waals surface area (Å²) in [4.78, 5) is 26.9. The fourth-order valence-corrected chi connectivity index (χ4v) is 4.87. The van der Waals surface area contributed by atoms with E-state index < -0.39 is 0 Å². The summed E-state index contributed by atoms with van der Waals surface area (Å²) in [5.74, 6) is -0.348. The second-order valence-corrected chi connectivity index (χ2v) is 10.0. The molecule has 1 aliphatic heterocycles. The fraction of sp³-hybridized carbons (Fsp3) is 0.286. The lowest BCUT2D eigenvalue weighted by atomic mass is 10.1. The van der Waals surface area contributed by atoms with E-state index in [2.05, 4.69) is 6.58 Å². The molecule has 0 aromatic heterocycles. The standard InChI is InChI=1S/C21H19Cl2NO3S2/c1-4-9-24-18(25)15(29-20(24)28)10-12-5-7-13(8-6-12)27-19(26)17-14(11-16(22)23)21(17,2)3/h4-8,10-11,14,17H,1,9H2,2-3H3/b15-10-/t14-,17+/m0/s1. The smallest absolute Gasteiger partial charge is 0.315 e. The zero-order valence-corrected chi connectivity index (χ0v) is 19.0. The number of benzene rings is 1. The summed E-state index contributed by atoms with van der Waals surface area (Å²) in [6.07, 6.45) is 5.08. The van der Waals surface area contributed by atoms with E-state index in [1.807, 2.05) is 13.8 Å². The van der Waals surface area contributed by atoms with Gasteiger partial charge < -0.3 is 4.74 Å². The first kappa shape index (κ1) is 22.1. The Morgan fingerprint density at radius 1 is 1.34 bits per heavy atom. The lowest BCUT2D eigenvalue weighted by Gasteiger charge is -2.10. The molecule has 1 saturated heterocycles. The summed E-state index contributed by atoms with van der Waals surface area (Å²) in [5, 5.41) is 0. The van der Waals surface area contributed by atoms with E-state index in [1.165, 1.54) is 16.7 Å². The van der Waals surface area contributed by atoms with Crippen LogP contribution in [0.25, 0.3) is 6.08 Å². The van der Waals surface area contributed by atoms with Crippen molar-refractivity contribution in [1.82, 2.24) is 4.90 Å². The number of ether oxygens (including phenoxy) is 1. The second kappa shape index (κ2) is 8.64. The first-order valence-electron chi connectivity index (χ1n) is 8.86. The van der Waals surface area contributed by atoms with Crippen LogP contribution < -0.4 is 4.74 Å². The molecule has 1 aromatic carbocycles. The molecule has 29 heavy (non-hydrogen) atoms. The van der Waals surface area contributed by atoms with E-state index in [1.54, 1.807) is 42.5 Å². The van der Waals surface area contributed by atoms with Crippen LogP contribution >= 0.6 is 47.2 Å². The maximum Gasteiger partial charge on any atom is 0.315 e. The minimum absolute atomic E-state index is 0.0447. The van der Waals surface area contributed by atoms with Gasteiger partial charge in [-0.05, 0) is 41.2 Å². The molecule has 0 N–H and O–H groups in total. The lowest BCUT2D eigenvalue weighted by molar-refractivity contribution is -0.136. The molecule has 1 saturated carbocycles. The molecule has 1 amide bonds. The third-order valence-corrected chi connectivity index (χ3v) is 6.68. The van der Waals surface area contributed by atoms with Crippen LogP contribution in [0.4, 0.5) is 0 Å². The van der Waals surface area contributed by atoms with Gasteiger partial charge >= 0.3 is 5.97 Å². The minimum Gasteiger partial charge on any atom is -0.426 e. The van der Waals surface area contributed by atoms with Crippen LogP contribution in [0.15, 0.2) is 52.4 Å². The number of esters is 1. The Balaban J connectivity index is 1.66. The third kappa shape index (κ3) is 4.77. The van der Waals surface area contributed by atoms with Gasteiger partial charge in [-0.2, -0.15) is 0 Å². The van der Waals surface area contributed by atoms with Gasteiger partial charge in [0.1, 0.15) is 14.6 Å². The van der Waals surface area contributed by atoms with Crippen LogP contribution in [-0.2, 0) is 9.59 Å². The van der Waals surface area contributed by atoms with Crippen LogP contribution in [0.2, 0.25) is 0 Å². The minimum atomic E-state index is -0.316. The summed E-state index contributed by atoms with van der Waals surface area (Å²) < 4.78 is 6.18. The van der Waals surface area contributed by atoms with Gasteiger partial charge in [-0.25, -0.2) is 0 Å². The summed E-state index contributed by atoms with van der Waals surface area (Å²) in [6.45, 7) is 7.98. The van der Waals surface area contributed by atoms with Crippen molar-refractivity contribution in [3.63, 3.8) is 0 Å². The Hall–Kier alpha value is -1.60. The highest BCUT2D eigenvalue weighted by molar-refractivity contribution is 8.26. The Morgan fingerprint density at radius 3 is 2.59 bits per heavy atom. The van der Waals surface area contributed by atoms with Gasteiger partial charge in [-0.15, -0.1) is 6.58 Å². The molecule has 4 nitrogen and oxygen atoms in total. The van der Waals surface area contributed by atoms with E-state index in [-0.39, 0.29) is 33.6 Å². The number of carbonyl (C=O) groups excluding carboxylic acids is 2. The molecular weight excluding hydrogens is 449 g/mol. The van der Waals surface area contributed by atoms with Crippen LogP contribution in [0.1, 0.15) is 19.4 Å². The summed E-state index contributed by atoms with van der Waals surface area (Å²) in [5.41, 5.74) is 0.567. The molecule has 0 radical (unpaired) electrons. The van der Waals surface area contributed by atoms with Gasteiger partial charge in [0, 0.05) is 6.54 Å². The number of allylic oxidation sites excluding steroid dienone is 1. The molecule has 3 rings (SSSR count). The van der Waals surface area contributed by atoms with Gasteiger partial charge in [0.05, 0.1) is 10.8 Å². The number of hydrogen-bond donors (Lipinski definition) is 0. The highest BCUT2D eigenvalue weighted by atomic mass is 35.5. The Morgan fingerprint density at radius 2 is 2.00 bits per heavy atom. The largest absolute Gasteiger partial charge is 0.426 e. The topological polar surface area (TPSA) is 46.6 Å². The predicted octanol–water partition coefficient (Wildman–Crippen LogP) is 5.57. The van der Waals surface area contributed by atoms with E-state index in [4.69, 9.17) is 40.2 Å². The number of halogens is 2.